The molecule has 2 aliphatic carbocycles. The van der Waals surface area contributed by atoms with Crippen molar-refractivity contribution in [2.75, 3.05) is 0 Å². The van der Waals surface area contributed by atoms with Crippen LogP contribution in [-0.2, 0) is 0 Å². The van der Waals surface area contributed by atoms with Gasteiger partial charge in [-0.15, -0.1) is 0 Å². The van der Waals surface area contributed by atoms with E-state index in [1.807, 2.05) is 27.7 Å². The minimum atomic E-state index is 0.909. The lowest BCUT2D eigenvalue weighted by Crippen LogP contribution is -2.22. The van der Waals surface area contributed by atoms with Crippen molar-refractivity contribution < 1.29 is 0 Å². The zero-order chi connectivity index (χ0) is 22.3. The molecule has 0 unspecified atom stereocenters. The van der Waals surface area contributed by atoms with E-state index in [0.717, 1.165) is 47.3 Å². The maximum Gasteiger partial charge on any atom is -0.0388 e. The van der Waals surface area contributed by atoms with Gasteiger partial charge in [0.05, 0.1) is 0 Å². The smallest absolute Gasteiger partial charge is 0.0388 e. The fraction of sp³-hybridized carbons (Fsp3) is 1.00. The van der Waals surface area contributed by atoms with E-state index in [4.69, 9.17) is 0 Å². The summed E-state index contributed by atoms with van der Waals surface area (Å²) in [5, 5.41) is 0. The van der Waals surface area contributed by atoms with Gasteiger partial charge in [-0.2, -0.15) is 0 Å². The molecule has 2 rings (SSSR count). The van der Waals surface area contributed by atoms with Gasteiger partial charge in [-0.3, -0.25) is 0 Å². The number of rotatable bonds is 4. The van der Waals surface area contributed by atoms with Crippen LogP contribution in [0.1, 0.15) is 134 Å². The summed E-state index contributed by atoms with van der Waals surface area (Å²) in [6.07, 6.45) is 11.9. The van der Waals surface area contributed by atoms with Crippen LogP contribution in [0.3, 0.4) is 0 Å². The van der Waals surface area contributed by atoms with Crippen LogP contribution in [0.5, 0.6) is 0 Å². The van der Waals surface area contributed by atoms with Crippen LogP contribution >= 0.6 is 0 Å². The standard InChI is InChI=1S/2C12H24.2C2H6/c2*1-9(2)11-6-5-7-12(8-11)10(3)4;2*1-2/h2*9-12H,5-8H2,1-4H3;2*1-2H3/t2*11-,12-;;/m10../s1. The summed E-state index contributed by atoms with van der Waals surface area (Å²) in [4.78, 5) is 0. The van der Waals surface area contributed by atoms with Crippen LogP contribution in [0.15, 0.2) is 0 Å². The summed E-state index contributed by atoms with van der Waals surface area (Å²) in [5.74, 6) is 7.71. The molecule has 0 heteroatoms. The Balaban J connectivity index is 0. The monoisotopic (exact) mass is 396 g/mol. The lowest BCUT2D eigenvalue weighted by Gasteiger charge is -2.33. The van der Waals surface area contributed by atoms with Crippen molar-refractivity contribution in [3.8, 4) is 0 Å². The van der Waals surface area contributed by atoms with Gasteiger partial charge < -0.3 is 0 Å². The average molecular weight is 397 g/mol. The van der Waals surface area contributed by atoms with Gasteiger partial charge >= 0.3 is 0 Å². The second kappa shape index (κ2) is 17.8. The van der Waals surface area contributed by atoms with Crippen molar-refractivity contribution in [2.45, 2.75) is 134 Å². The van der Waals surface area contributed by atoms with E-state index in [1.165, 1.54) is 51.4 Å². The zero-order valence-corrected chi connectivity index (χ0v) is 22.3. The van der Waals surface area contributed by atoms with E-state index >= 15 is 0 Å². The van der Waals surface area contributed by atoms with Gasteiger partial charge in [0.15, 0.2) is 0 Å². The van der Waals surface area contributed by atoms with Crippen molar-refractivity contribution in [3.63, 3.8) is 0 Å². The Labute approximate surface area is 182 Å². The second-order valence-corrected chi connectivity index (χ2v) is 10.3. The molecule has 0 saturated heterocycles. The molecule has 2 aliphatic rings. The van der Waals surface area contributed by atoms with E-state index in [2.05, 4.69) is 55.4 Å². The maximum atomic E-state index is 2.38. The number of hydrogen-bond acceptors (Lipinski definition) is 0. The minimum Gasteiger partial charge on any atom is -0.0683 e. The highest BCUT2D eigenvalue weighted by Crippen LogP contribution is 2.37. The molecule has 0 spiro atoms. The third kappa shape index (κ3) is 12.5. The molecule has 0 radical (unpaired) electrons. The molecule has 0 amide bonds. The summed E-state index contributed by atoms with van der Waals surface area (Å²) >= 11 is 0. The molecule has 0 aromatic rings. The molecule has 2 saturated carbocycles. The van der Waals surface area contributed by atoms with Gasteiger partial charge in [0, 0.05) is 0 Å². The Morgan fingerprint density at radius 3 is 0.714 bits per heavy atom. The first-order chi connectivity index (χ1) is 13.2. The fourth-order valence-corrected chi connectivity index (χ4v) is 4.96. The van der Waals surface area contributed by atoms with Crippen molar-refractivity contribution in [1.29, 1.82) is 0 Å². The zero-order valence-electron chi connectivity index (χ0n) is 22.3. The van der Waals surface area contributed by atoms with Gasteiger partial charge in [-0.1, -0.05) is 122 Å². The van der Waals surface area contributed by atoms with Crippen LogP contribution in [0, 0.1) is 47.3 Å². The summed E-state index contributed by atoms with van der Waals surface area (Å²) in [6, 6.07) is 0. The van der Waals surface area contributed by atoms with Gasteiger partial charge in [0.1, 0.15) is 0 Å². The Hall–Kier alpha value is 0. The van der Waals surface area contributed by atoms with E-state index < -0.39 is 0 Å². The first kappa shape index (κ1) is 30.2. The highest BCUT2D eigenvalue weighted by atomic mass is 14.3. The van der Waals surface area contributed by atoms with E-state index in [-0.39, 0.29) is 0 Å². The molecule has 172 valence electrons. The Morgan fingerprint density at radius 2 is 0.571 bits per heavy atom. The van der Waals surface area contributed by atoms with Crippen molar-refractivity contribution in [2.24, 2.45) is 47.3 Å². The van der Waals surface area contributed by atoms with E-state index in [9.17, 15) is 0 Å². The molecule has 0 aromatic carbocycles. The topological polar surface area (TPSA) is 0 Å². The SMILES string of the molecule is CC.CC.CC(C)[C@@H]1CCC[C@@H](C(C)C)C1.CC(C)[C@H]1CCC[C@H](C(C)C)C1. The molecule has 4 atom stereocenters. The first-order valence-corrected chi connectivity index (χ1v) is 13.2. The number of hydrogen-bond donors (Lipinski definition) is 0. The Bertz CT molecular complexity index is 252. The van der Waals surface area contributed by atoms with Gasteiger partial charge in [-0.05, 0) is 60.2 Å². The normalized spacial score (nSPS) is 27.4. The van der Waals surface area contributed by atoms with Crippen molar-refractivity contribution >= 4 is 0 Å². The third-order valence-electron chi connectivity index (χ3n) is 7.28. The van der Waals surface area contributed by atoms with Crippen LogP contribution in [-0.4, -0.2) is 0 Å². The van der Waals surface area contributed by atoms with E-state index in [1.54, 1.807) is 0 Å². The third-order valence-corrected chi connectivity index (χ3v) is 7.28. The van der Waals surface area contributed by atoms with Crippen molar-refractivity contribution in [1.82, 2.24) is 0 Å². The van der Waals surface area contributed by atoms with Gasteiger partial charge in [0.2, 0.25) is 0 Å². The fourth-order valence-electron chi connectivity index (χ4n) is 4.96. The summed E-state index contributed by atoms with van der Waals surface area (Å²) < 4.78 is 0. The molecule has 0 heterocycles. The molecule has 28 heavy (non-hydrogen) atoms. The van der Waals surface area contributed by atoms with Crippen LogP contribution in [0.25, 0.3) is 0 Å². The quantitative estimate of drug-likeness (QED) is 0.443. The first-order valence-electron chi connectivity index (χ1n) is 13.2. The Kier molecular flexibility index (Phi) is 19.2. The second-order valence-electron chi connectivity index (χ2n) is 10.3. The highest BCUT2D eigenvalue weighted by molar-refractivity contribution is 4.77. The lowest BCUT2D eigenvalue weighted by molar-refractivity contribution is 0.177. The highest BCUT2D eigenvalue weighted by Gasteiger charge is 2.26. The maximum absolute atomic E-state index is 2.38. The summed E-state index contributed by atoms with van der Waals surface area (Å²) in [7, 11) is 0. The predicted octanol–water partition coefficient (Wildman–Crippen LogP) is 10.3. The van der Waals surface area contributed by atoms with Crippen LogP contribution in [0.2, 0.25) is 0 Å². The van der Waals surface area contributed by atoms with E-state index in [0.29, 0.717) is 0 Å². The predicted molar refractivity (Wildman–Crippen MR) is 133 cm³/mol. The summed E-state index contributed by atoms with van der Waals surface area (Å²) in [5.41, 5.74) is 0. The van der Waals surface area contributed by atoms with Crippen LogP contribution in [0.4, 0.5) is 0 Å². The van der Waals surface area contributed by atoms with Crippen LogP contribution < -0.4 is 0 Å². The van der Waals surface area contributed by atoms with Crippen molar-refractivity contribution in [3.05, 3.63) is 0 Å². The van der Waals surface area contributed by atoms with Gasteiger partial charge in [-0.25, -0.2) is 0 Å². The van der Waals surface area contributed by atoms with Gasteiger partial charge in [0.25, 0.3) is 0 Å². The average Bonchev–Trinajstić information content (AvgIpc) is 2.71. The molecule has 0 N–H and O–H groups in total. The Morgan fingerprint density at radius 1 is 0.393 bits per heavy atom. The lowest BCUT2D eigenvalue weighted by atomic mass is 9.72. The molecule has 0 aromatic heterocycles. The molecule has 2 fully saturated rings. The summed E-state index contributed by atoms with van der Waals surface area (Å²) in [6.45, 7) is 27.1. The molecule has 0 bridgehead atoms. The largest absolute Gasteiger partial charge is 0.0683 e. The molecule has 0 aliphatic heterocycles. The molecule has 0 nitrogen and oxygen atoms in total. The molecular weight excluding hydrogens is 336 g/mol. The minimum absolute atomic E-state index is 0.909. The molecular formula is C28H60.